The number of rotatable bonds is 8. The second-order valence-electron chi connectivity index (χ2n) is 5.35. The predicted molar refractivity (Wildman–Crippen MR) is 90.5 cm³/mol. The van der Waals surface area contributed by atoms with Crippen LogP contribution < -0.4 is 9.47 Å². The molecule has 0 aliphatic rings. The van der Waals surface area contributed by atoms with Gasteiger partial charge >= 0.3 is 0 Å². The van der Waals surface area contributed by atoms with E-state index in [-0.39, 0.29) is 11.6 Å². The first-order valence-electron chi connectivity index (χ1n) is 7.80. The molecule has 0 saturated heterocycles. The van der Waals surface area contributed by atoms with Gasteiger partial charge in [-0.25, -0.2) is 0 Å². The summed E-state index contributed by atoms with van der Waals surface area (Å²) in [6.45, 7) is 4.00. The van der Waals surface area contributed by atoms with Gasteiger partial charge in [0.25, 0.3) is 5.88 Å². The second kappa shape index (κ2) is 7.72. The molecule has 0 fully saturated rings. The van der Waals surface area contributed by atoms with Gasteiger partial charge in [-0.1, -0.05) is 36.4 Å². The highest BCUT2D eigenvalue weighted by molar-refractivity contribution is 5.40. The average molecular weight is 341 g/mol. The number of aliphatic hydroxyl groups is 1. The maximum Gasteiger partial charge on any atom is 0.261 e. The summed E-state index contributed by atoms with van der Waals surface area (Å²) >= 11 is 0. The maximum atomic E-state index is 10.8. The molecule has 130 valence electrons. The molecule has 25 heavy (non-hydrogen) atoms. The Morgan fingerprint density at radius 3 is 2.80 bits per heavy atom. The molecule has 2 aromatic heterocycles. The molecule has 1 atom stereocenters. The smallest absolute Gasteiger partial charge is 0.261 e. The van der Waals surface area contributed by atoms with Gasteiger partial charge in [0.2, 0.25) is 0 Å². The Morgan fingerprint density at radius 1 is 1.28 bits per heavy atom. The van der Waals surface area contributed by atoms with Gasteiger partial charge < -0.3 is 23.5 Å². The molecule has 0 bridgehead atoms. The molecule has 6 nitrogen and oxygen atoms in total. The van der Waals surface area contributed by atoms with E-state index in [1.165, 1.54) is 13.4 Å². The van der Waals surface area contributed by atoms with Gasteiger partial charge in [-0.05, 0) is 10.7 Å². The number of aromatic nitrogens is 1. The van der Waals surface area contributed by atoms with Crippen LogP contribution in [-0.4, -0.2) is 17.4 Å². The van der Waals surface area contributed by atoms with Gasteiger partial charge in [-0.3, -0.25) is 0 Å². The average Bonchev–Trinajstić information content (AvgIpc) is 3.27. The Balaban J connectivity index is 1.90. The molecule has 0 aliphatic carbocycles. The van der Waals surface area contributed by atoms with Gasteiger partial charge in [0.1, 0.15) is 12.7 Å². The number of benzene rings is 1. The van der Waals surface area contributed by atoms with Crippen molar-refractivity contribution in [1.29, 1.82) is 0 Å². The maximum absolute atomic E-state index is 10.8. The summed E-state index contributed by atoms with van der Waals surface area (Å²) in [5.41, 5.74) is 1.39. The summed E-state index contributed by atoms with van der Waals surface area (Å²) in [5, 5.41) is 14.7. The number of ether oxygens (including phenoxy) is 2. The predicted octanol–water partition coefficient (Wildman–Crippen LogP) is 3.67. The summed E-state index contributed by atoms with van der Waals surface area (Å²) in [5.74, 6) is 1.38. The van der Waals surface area contributed by atoms with E-state index in [0.717, 1.165) is 5.56 Å². The van der Waals surface area contributed by atoms with E-state index in [9.17, 15) is 5.11 Å². The van der Waals surface area contributed by atoms with Crippen molar-refractivity contribution in [2.45, 2.75) is 19.1 Å². The van der Waals surface area contributed by atoms with E-state index in [2.05, 4.69) is 11.7 Å². The Hall–Kier alpha value is -2.99. The normalized spacial score (nSPS) is 11.9. The monoisotopic (exact) mass is 341 g/mol. The molecule has 0 saturated carbocycles. The van der Waals surface area contributed by atoms with Crippen LogP contribution in [0, 0.1) is 0 Å². The molecule has 0 aliphatic heterocycles. The standard InChI is InChI=1S/C19H19NO5/c1-3-7-14-16(17(21)18-15(22-2)10-11-23-18)19(20-25-14)24-12-13-8-5-4-6-9-13/h3-6,8-11,17,21H,1,7,12H2,2H3. The van der Waals surface area contributed by atoms with Crippen LogP contribution in [0.5, 0.6) is 11.6 Å². The van der Waals surface area contributed by atoms with Gasteiger partial charge in [-0.2, -0.15) is 0 Å². The summed E-state index contributed by atoms with van der Waals surface area (Å²) in [6, 6.07) is 11.3. The van der Waals surface area contributed by atoms with Crippen molar-refractivity contribution in [1.82, 2.24) is 5.16 Å². The zero-order valence-corrected chi connectivity index (χ0v) is 13.8. The van der Waals surface area contributed by atoms with Crippen LogP contribution in [-0.2, 0) is 13.0 Å². The first kappa shape index (κ1) is 16.9. The molecule has 0 amide bonds. The first-order chi connectivity index (χ1) is 12.2. The summed E-state index contributed by atoms with van der Waals surface area (Å²) < 4.78 is 21.7. The van der Waals surface area contributed by atoms with Crippen LogP contribution in [0.25, 0.3) is 0 Å². The van der Waals surface area contributed by atoms with Crippen LogP contribution in [0.4, 0.5) is 0 Å². The quantitative estimate of drug-likeness (QED) is 0.630. The van der Waals surface area contributed by atoms with Crippen molar-refractivity contribution in [3.63, 3.8) is 0 Å². The van der Waals surface area contributed by atoms with Crippen molar-refractivity contribution in [3.8, 4) is 11.6 Å². The number of hydrogen-bond acceptors (Lipinski definition) is 6. The Morgan fingerprint density at radius 2 is 2.08 bits per heavy atom. The number of allylic oxidation sites excluding steroid dienone is 1. The molecule has 1 aromatic carbocycles. The van der Waals surface area contributed by atoms with Crippen LogP contribution in [0.15, 0.2) is 64.3 Å². The van der Waals surface area contributed by atoms with E-state index in [0.29, 0.717) is 30.1 Å². The van der Waals surface area contributed by atoms with Gasteiger partial charge in [0.15, 0.2) is 17.3 Å². The van der Waals surface area contributed by atoms with Crippen molar-refractivity contribution in [2.24, 2.45) is 0 Å². The molecule has 1 N–H and O–H groups in total. The van der Waals surface area contributed by atoms with Crippen LogP contribution in [0.2, 0.25) is 0 Å². The number of nitrogens with zero attached hydrogens (tertiary/aromatic N) is 1. The molecule has 1 unspecified atom stereocenters. The topological polar surface area (TPSA) is 77.9 Å². The number of methoxy groups -OCH3 is 1. The van der Waals surface area contributed by atoms with E-state index in [4.69, 9.17) is 18.4 Å². The number of furan rings is 1. The highest BCUT2D eigenvalue weighted by Gasteiger charge is 2.29. The minimum atomic E-state index is -1.13. The molecule has 3 aromatic rings. The Bertz CT molecular complexity index is 821. The van der Waals surface area contributed by atoms with Crippen molar-refractivity contribution >= 4 is 0 Å². The fourth-order valence-corrected chi connectivity index (χ4v) is 2.50. The highest BCUT2D eigenvalue weighted by Crippen LogP contribution is 2.37. The molecule has 3 rings (SSSR count). The van der Waals surface area contributed by atoms with Crippen LogP contribution >= 0.6 is 0 Å². The number of aliphatic hydroxyl groups excluding tert-OH is 1. The zero-order valence-electron chi connectivity index (χ0n) is 13.8. The zero-order chi connectivity index (χ0) is 17.6. The van der Waals surface area contributed by atoms with Crippen LogP contribution in [0.3, 0.4) is 0 Å². The molecule has 6 heteroatoms. The van der Waals surface area contributed by atoms with E-state index in [1.807, 2.05) is 30.3 Å². The summed E-state index contributed by atoms with van der Waals surface area (Å²) in [4.78, 5) is 0. The third kappa shape index (κ3) is 3.59. The van der Waals surface area contributed by atoms with Gasteiger partial charge in [0, 0.05) is 12.5 Å². The molecular weight excluding hydrogens is 322 g/mol. The SMILES string of the molecule is C=CCc1onc(OCc2ccccc2)c1C(O)c1occc1OC. The van der Waals surface area contributed by atoms with E-state index >= 15 is 0 Å². The third-order valence-corrected chi connectivity index (χ3v) is 3.72. The molecule has 2 heterocycles. The Labute approximate surface area is 145 Å². The van der Waals surface area contributed by atoms with Crippen molar-refractivity contribution < 1.29 is 23.5 Å². The summed E-state index contributed by atoms with van der Waals surface area (Å²) in [7, 11) is 1.51. The van der Waals surface area contributed by atoms with Gasteiger partial charge in [0.05, 0.1) is 18.9 Å². The number of hydrogen-bond donors (Lipinski definition) is 1. The van der Waals surface area contributed by atoms with Crippen molar-refractivity contribution in [2.75, 3.05) is 7.11 Å². The fourth-order valence-electron chi connectivity index (χ4n) is 2.50. The van der Waals surface area contributed by atoms with Crippen molar-refractivity contribution in [3.05, 3.63) is 78.0 Å². The minimum Gasteiger partial charge on any atom is -0.493 e. The molecular formula is C19H19NO5. The molecule has 0 spiro atoms. The minimum absolute atomic E-state index is 0.214. The fraction of sp³-hybridized carbons (Fsp3) is 0.211. The largest absolute Gasteiger partial charge is 0.493 e. The second-order valence-corrected chi connectivity index (χ2v) is 5.35. The Kier molecular flexibility index (Phi) is 5.20. The lowest BCUT2D eigenvalue weighted by Gasteiger charge is -2.11. The van der Waals surface area contributed by atoms with Gasteiger partial charge in [-0.15, -0.1) is 6.58 Å². The third-order valence-electron chi connectivity index (χ3n) is 3.72. The van der Waals surface area contributed by atoms with E-state index in [1.54, 1.807) is 12.1 Å². The first-order valence-corrected chi connectivity index (χ1v) is 7.80. The lowest BCUT2D eigenvalue weighted by molar-refractivity contribution is 0.174. The molecule has 0 radical (unpaired) electrons. The van der Waals surface area contributed by atoms with E-state index < -0.39 is 6.10 Å². The summed E-state index contributed by atoms with van der Waals surface area (Å²) in [6.07, 6.45) is 2.38. The lowest BCUT2D eigenvalue weighted by Crippen LogP contribution is -2.05. The van der Waals surface area contributed by atoms with Crippen LogP contribution in [0.1, 0.15) is 28.8 Å². The highest BCUT2D eigenvalue weighted by atomic mass is 16.5. The lowest BCUT2D eigenvalue weighted by atomic mass is 10.1.